The molecule has 30 heavy (non-hydrogen) atoms. The number of phenols is 1. The van der Waals surface area contributed by atoms with E-state index in [2.05, 4.69) is 25.4 Å². The van der Waals surface area contributed by atoms with Crippen LogP contribution < -0.4 is 11.1 Å². The third-order valence-electron chi connectivity index (χ3n) is 4.98. The minimum atomic E-state index is -1.33. The first-order chi connectivity index (χ1) is 14.5. The largest absolute Gasteiger partial charge is 0.508 e. The smallest absolute Gasteiger partial charge is 0.207 e. The van der Waals surface area contributed by atoms with Gasteiger partial charge < -0.3 is 31.1 Å². The number of aliphatic hydroxyl groups is 2. The Balaban J connectivity index is 1.63. The SMILES string of the molecule is Nc1ncnc2c1nc(NCCc1ccc(O)cc1)n2[C@@H]1O[C@H](CN=O)[C@@H](O)[C@H]1O. The number of imidazole rings is 1. The van der Waals surface area contributed by atoms with Gasteiger partial charge in [0.15, 0.2) is 23.2 Å². The fourth-order valence-electron chi connectivity index (χ4n) is 3.44. The number of nitroso groups, excluding NO2 is 1. The first-order valence-corrected chi connectivity index (χ1v) is 9.30. The van der Waals surface area contributed by atoms with E-state index in [1.54, 1.807) is 24.3 Å². The molecule has 1 aromatic carbocycles. The van der Waals surface area contributed by atoms with Crippen molar-refractivity contribution in [3.05, 3.63) is 41.1 Å². The van der Waals surface area contributed by atoms with Gasteiger partial charge in [-0.3, -0.25) is 4.57 Å². The maximum atomic E-state index is 10.6. The Morgan fingerprint density at radius 2 is 1.97 bits per heavy atom. The lowest BCUT2D eigenvalue weighted by Crippen LogP contribution is -2.33. The van der Waals surface area contributed by atoms with Crippen molar-refractivity contribution in [2.24, 2.45) is 5.18 Å². The second kappa shape index (κ2) is 8.18. The number of nitrogen functional groups attached to an aromatic ring is 1. The molecular formula is C18H21N7O5. The molecule has 0 aliphatic carbocycles. The summed E-state index contributed by atoms with van der Waals surface area (Å²) in [6, 6.07) is 6.82. The molecule has 6 N–H and O–H groups in total. The van der Waals surface area contributed by atoms with Crippen LogP contribution >= 0.6 is 0 Å². The molecule has 1 aliphatic heterocycles. The number of nitrogens with two attached hydrogens (primary N) is 1. The maximum Gasteiger partial charge on any atom is 0.207 e. The molecule has 0 spiro atoms. The van der Waals surface area contributed by atoms with Gasteiger partial charge in [-0.2, -0.15) is 4.91 Å². The molecule has 12 heteroatoms. The lowest BCUT2D eigenvalue weighted by molar-refractivity contribution is -0.0309. The van der Waals surface area contributed by atoms with Crippen LogP contribution in [0.1, 0.15) is 11.8 Å². The normalized spacial score (nSPS) is 23.7. The Morgan fingerprint density at radius 1 is 1.20 bits per heavy atom. The van der Waals surface area contributed by atoms with E-state index in [1.807, 2.05) is 0 Å². The zero-order chi connectivity index (χ0) is 21.3. The molecule has 1 aliphatic rings. The summed E-state index contributed by atoms with van der Waals surface area (Å²) in [7, 11) is 0. The second-order valence-corrected chi connectivity index (χ2v) is 6.94. The molecule has 3 aromatic rings. The molecule has 0 saturated carbocycles. The van der Waals surface area contributed by atoms with Crippen molar-refractivity contribution in [1.29, 1.82) is 0 Å². The number of nitrogens with zero attached hydrogens (tertiary/aromatic N) is 5. The average Bonchev–Trinajstić information content (AvgIpc) is 3.23. The fourth-order valence-corrected chi connectivity index (χ4v) is 3.44. The Kier molecular flexibility index (Phi) is 5.44. The van der Waals surface area contributed by atoms with Crippen molar-refractivity contribution in [2.75, 3.05) is 24.1 Å². The van der Waals surface area contributed by atoms with Gasteiger partial charge >= 0.3 is 0 Å². The summed E-state index contributed by atoms with van der Waals surface area (Å²) in [5, 5.41) is 36.0. The van der Waals surface area contributed by atoms with Gasteiger partial charge in [0, 0.05) is 6.54 Å². The zero-order valence-corrected chi connectivity index (χ0v) is 15.8. The van der Waals surface area contributed by atoms with Crippen molar-refractivity contribution in [3.63, 3.8) is 0 Å². The van der Waals surface area contributed by atoms with E-state index in [-0.39, 0.29) is 18.1 Å². The van der Waals surface area contributed by atoms with Crippen molar-refractivity contribution in [2.45, 2.75) is 31.0 Å². The summed E-state index contributed by atoms with van der Waals surface area (Å²) in [5.74, 6) is 0.652. The van der Waals surface area contributed by atoms with Crippen LogP contribution in [0.25, 0.3) is 11.2 Å². The highest BCUT2D eigenvalue weighted by Crippen LogP contribution is 2.35. The van der Waals surface area contributed by atoms with Gasteiger partial charge in [0.05, 0.1) is 0 Å². The molecule has 4 atom stereocenters. The van der Waals surface area contributed by atoms with Crippen LogP contribution in [0.4, 0.5) is 11.8 Å². The summed E-state index contributed by atoms with van der Waals surface area (Å²) >= 11 is 0. The van der Waals surface area contributed by atoms with Crippen LogP contribution in [-0.4, -0.2) is 66.2 Å². The van der Waals surface area contributed by atoms with Gasteiger partial charge in [-0.15, -0.1) is 0 Å². The van der Waals surface area contributed by atoms with Gasteiger partial charge in [-0.25, -0.2) is 15.0 Å². The van der Waals surface area contributed by atoms with E-state index in [1.165, 1.54) is 10.9 Å². The number of fused-ring (bicyclic) bond motifs is 1. The van der Waals surface area contributed by atoms with Gasteiger partial charge in [0.2, 0.25) is 5.95 Å². The molecule has 1 fully saturated rings. The third-order valence-corrected chi connectivity index (χ3v) is 4.98. The van der Waals surface area contributed by atoms with Crippen molar-refractivity contribution in [1.82, 2.24) is 19.5 Å². The number of phenolic OH excluding ortho intramolecular Hbond substituents is 1. The lowest BCUT2D eigenvalue weighted by atomic mass is 10.1. The third kappa shape index (κ3) is 3.63. The molecule has 0 amide bonds. The molecule has 0 radical (unpaired) electrons. The quantitative estimate of drug-likeness (QED) is 0.333. The number of aromatic nitrogens is 4. The molecule has 0 unspecified atom stereocenters. The number of hydrogen-bond acceptors (Lipinski definition) is 11. The van der Waals surface area contributed by atoms with Gasteiger partial charge in [0.25, 0.3) is 0 Å². The molecule has 4 rings (SSSR count). The molecule has 12 nitrogen and oxygen atoms in total. The first kappa shape index (κ1) is 19.9. The van der Waals surface area contributed by atoms with Crippen LogP contribution in [-0.2, 0) is 11.2 Å². The zero-order valence-electron chi connectivity index (χ0n) is 15.8. The van der Waals surface area contributed by atoms with Crippen LogP contribution in [0, 0.1) is 4.91 Å². The van der Waals surface area contributed by atoms with Gasteiger partial charge in [0.1, 0.15) is 36.9 Å². The molecule has 2 aromatic heterocycles. The predicted octanol–water partition coefficient (Wildman–Crippen LogP) is 0.154. The van der Waals surface area contributed by atoms with Crippen LogP contribution in [0.3, 0.4) is 0 Å². The van der Waals surface area contributed by atoms with E-state index >= 15 is 0 Å². The van der Waals surface area contributed by atoms with Crippen LogP contribution in [0.15, 0.2) is 35.8 Å². The number of anilines is 2. The van der Waals surface area contributed by atoms with Crippen LogP contribution in [0.2, 0.25) is 0 Å². The predicted molar refractivity (Wildman–Crippen MR) is 107 cm³/mol. The number of ether oxygens (including phenoxy) is 1. The van der Waals surface area contributed by atoms with Crippen molar-refractivity contribution >= 4 is 22.9 Å². The van der Waals surface area contributed by atoms with E-state index in [9.17, 15) is 20.2 Å². The number of aliphatic hydroxyl groups excluding tert-OH is 2. The standard InChI is InChI=1S/C18H21N7O5/c19-15-12-16(22-8-21-15)25(17-14(28)13(27)11(30-17)7-23-29)18(24-12)20-6-5-9-1-3-10(26)4-2-9/h1-4,8,11,13-14,17,26-28H,5-7H2,(H,20,24)(H2,19,21,22)/t11-,13-,14-,17-/m1/s1. The number of rotatable bonds is 7. The van der Waals surface area contributed by atoms with E-state index in [0.717, 1.165) is 5.56 Å². The molecule has 1 saturated heterocycles. The Bertz CT molecular complexity index is 1040. The van der Waals surface area contributed by atoms with Crippen molar-refractivity contribution in [3.8, 4) is 5.75 Å². The Labute approximate surface area is 170 Å². The monoisotopic (exact) mass is 415 g/mol. The van der Waals surface area contributed by atoms with Gasteiger partial charge in [-0.1, -0.05) is 17.3 Å². The highest BCUT2D eigenvalue weighted by molar-refractivity contribution is 5.84. The highest BCUT2D eigenvalue weighted by atomic mass is 16.6. The summed E-state index contributed by atoms with van der Waals surface area (Å²) in [6.07, 6.45) is -2.75. The lowest BCUT2D eigenvalue weighted by Gasteiger charge is -2.19. The summed E-state index contributed by atoms with van der Waals surface area (Å²) < 4.78 is 7.19. The number of aromatic hydroxyl groups is 1. The molecule has 0 bridgehead atoms. The first-order valence-electron chi connectivity index (χ1n) is 9.30. The molecular weight excluding hydrogens is 394 g/mol. The average molecular weight is 415 g/mol. The molecule has 3 heterocycles. The Hall–Kier alpha value is -3.35. The Morgan fingerprint density at radius 3 is 2.70 bits per heavy atom. The summed E-state index contributed by atoms with van der Waals surface area (Å²) in [4.78, 5) is 23.2. The number of nitrogens with one attached hydrogen (secondary N) is 1. The topological polar surface area (TPSA) is 181 Å². The van der Waals surface area contributed by atoms with E-state index in [4.69, 9.17) is 10.5 Å². The maximum absolute atomic E-state index is 10.6. The fraction of sp³-hybridized carbons (Fsp3) is 0.389. The minimum Gasteiger partial charge on any atom is -0.508 e. The molecule has 158 valence electrons. The van der Waals surface area contributed by atoms with E-state index in [0.29, 0.717) is 30.1 Å². The van der Waals surface area contributed by atoms with Crippen LogP contribution in [0.5, 0.6) is 5.75 Å². The minimum absolute atomic E-state index is 0.152. The summed E-state index contributed by atoms with van der Waals surface area (Å²) in [5.41, 5.74) is 7.54. The van der Waals surface area contributed by atoms with E-state index < -0.39 is 24.5 Å². The van der Waals surface area contributed by atoms with Crippen molar-refractivity contribution < 1.29 is 20.1 Å². The summed E-state index contributed by atoms with van der Waals surface area (Å²) in [6.45, 7) is 0.161. The van der Waals surface area contributed by atoms with Gasteiger partial charge in [-0.05, 0) is 24.1 Å². The number of hydrogen-bond donors (Lipinski definition) is 5. The highest BCUT2D eigenvalue weighted by Gasteiger charge is 2.45. The number of benzene rings is 1. The second-order valence-electron chi connectivity index (χ2n) is 6.94.